The number of alkyl carbamates (subject to hydrolysis) is 1. The molecule has 1 saturated heterocycles. The highest BCUT2D eigenvalue weighted by Crippen LogP contribution is 2.30. The van der Waals surface area contributed by atoms with Gasteiger partial charge in [-0.15, -0.1) is 0 Å². The molecule has 3 heterocycles. The zero-order chi connectivity index (χ0) is 29.2. The topological polar surface area (TPSA) is 125 Å². The number of halogens is 2. The van der Waals surface area contributed by atoms with E-state index in [4.69, 9.17) is 32.9 Å². The zero-order valence-electron chi connectivity index (χ0n) is 23.5. The van der Waals surface area contributed by atoms with Crippen molar-refractivity contribution >= 4 is 58.1 Å². The summed E-state index contributed by atoms with van der Waals surface area (Å²) in [4.78, 5) is 47.5. The first-order chi connectivity index (χ1) is 18.7. The molecule has 1 aromatic carbocycles. The molecule has 1 aliphatic rings. The van der Waals surface area contributed by atoms with Crippen LogP contribution in [-0.4, -0.2) is 74.2 Å². The molecule has 0 aliphatic carbocycles. The number of nitrogens with zero attached hydrogens (tertiary/aromatic N) is 6. The minimum atomic E-state index is -1.13. The van der Waals surface area contributed by atoms with Gasteiger partial charge in [0.2, 0.25) is 11.9 Å². The van der Waals surface area contributed by atoms with E-state index in [1.54, 1.807) is 64.0 Å². The second-order valence-electron chi connectivity index (χ2n) is 11.2. The summed E-state index contributed by atoms with van der Waals surface area (Å²) in [5.74, 6) is 0.801. The molecule has 1 atom stereocenters. The maximum atomic E-state index is 13.3. The Bertz CT molecular complexity index is 1400. The van der Waals surface area contributed by atoms with Gasteiger partial charge in [0.1, 0.15) is 11.1 Å². The van der Waals surface area contributed by atoms with Crippen LogP contribution in [0.1, 0.15) is 53.1 Å². The van der Waals surface area contributed by atoms with Crippen molar-refractivity contribution in [2.24, 2.45) is 0 Å². The lowest BCUT2D eigenvalue weighted by molar-refractivity contribution is -0.137. The maximum absolute atomic E-state index is 13.3. The second-order valence-corrected chi connectivity index (χ2v) is 12.0. The van der Waals surface area contributed by atoms with Crippen LogP contribution in [0, 0.1) is 0 Å². The average Bonchev–Trinajstić information content (AvgIpc) is 2.86. The predicted molar refractivity (Wildman–Crippen MR) is 156 cm³/mol. The van der Waals surface area contributed by atoms with Gasteiger partial charge in [-0.2, -0.15) is 9.97 Å². The van der Waals surface area contributed by atoms with Crippen LogP contribution in [0.25, 0.3) is 11.2 Å². The highest BCUT2D eigenvalue weighted by Gasteiger charge is 2.36. The number of aromatic nitrogens is 4. The number of hydrogen-bond acceptors (Lipinski definition) is 9. The number of amides is 2. The fourth-order valence-electron chi connectivity index (χ4n) is 4.35. The summed E-state index contributed by atoms with van der Waals surface area (Å²) in [6, 6.07) is 5.15. The SMILES string of the molecule is C[C@@H](Nc1nc(N2CCN(C(=O)C(C)(C)NC(=O)OC(C)(C)C)CC2)nc2nccnc12)c1ccc(Cl)cc1Cl. The van der Waals surface area contributed by atoms with Crippen LogP contribution in [0.4, 0.5) is 16.6 Å². The van der Waals surface area contributed by atoms with Crippen molar-refractivity contribution in [1.82, 2.24) is 30.2 Å². The van der Waals surface area contributed by atoms with Crippen molar-refractivity contribution < 1.29 is 14.3 Å². The van der Waals surface area contributed by atoms with Crippen LogP contribution >= 0.6 is 23.2 Å². The number of hydrogen-bond donors (Lipinski definition) is 2. The molecule has 214 valence electrons. The molecule has 3 aromatic rings. The molecule has 2 N–H and O–H groups in total. The second kappa shape index (κ2) is 11.6. The monoisotopic (exact) mass is 588 g/mol. The molecule has 2 aromatic heterocycles. The van der Waals surface area contributed by atoms with Gasteiger partial charge in [0, 0.05) is 48.6 Å². The lowest BCUT2D eigenvalue weighted by Crippen LogP contribution is -2.60. The Kier molecular flexibility index (Phi) is 8.55. The summed E-state index contributed by atoms with van der Waals surface area (Å²) in [5, 5.41) is 7.19. The Morgan fingerprint density at radius 2 is 1.68 bits per heavy atom. The molecular weight excluding hydrogens is 555 g/mol. The van der Waals surface area contributed by atoms with Gasteiger partial charge in [-0.25, -0.2) is 14.8 Å². The van der Waals surface area contributed by atoms with Gasteiger partial charge >= 0.3 is 6.09 Å². The molecule has 40 heavy (non-hydrogen) atoms. The summed E-state index contributed by atoms with van der Waals surface area (Å²) < 4.78 is 5.32. The van der Waals surface area contributed by atoms with E-state index in [-0.39, 0.29) is 11.9 Å². The Hall–Kier alpha value is -3.44. The summed E-state index contributed by atoms with van der Waals surface area (Å²) in [5.41, 5.74) is 0.0528. The van der Waals surface area contributed by atoms with Crippen molar-refractivity contribution in [2.45, 2.75) is 58.7 Å². The number of ether oxygens (including phenoxy) is 1. The van der Waals surface area contributed by atoms with Crippen LogP contribution in [-0.2, 0) is 9.53 Å². The zero-order valence-corrected chi connectivity index (χ0v) is 25.0. The number of benzene rings is 1. The van der Waals surface area contributed by atoms with Gasteiger partial charge in [0.25, 0.3) is 0 Å². The van der Waals surface area contributed by atoms with E-state index < -0.39 is 17.2 Å². The standard InChI is InChI=1S/C27H34Cl2N8O3/c1-16(18-8-7-17(28)15-19(18)29)32-22-20-21(31-10-9-30-20)33-24(34-22)37-13-11-36(12-14-37)23(38)27(5,6)35-25(39)40-26(2,3)4/h7-10,15-16H,11-14H2,1-6H3,(H,35,39)(H,31,32,33,34)/t16-/m1/s1. The summed E-state index contributed by atoms with van der Waals surface area (Å²) in [7, 11) is 0. The molecule has 13 heteroatoms. The van der Waals surface area contributed by atoms with E-state index >= 15 is 0 Å². The van der Waals surface area contributed by atoms with Crippen LogP contribution in [0.5, 0.6) is 0 Å². The number of carbonyl (C=O) groups is 2. The largest absolute Gasteiger partial charge is 0.444 e. The van der Waals surface area contributed by atoms with Crippen molar-refractivity contribution in [1.29, 1.82) is 0 Å². The first kappa shape index (κ1) is 29.5. The maximum Gasteiger partial charge on any atom is 0.408 e. The molecule has 0 saturated carbocycles. The van der Waals surface area contributed by atoms with Gasteiger partial charge in [0.05, 0.1) is 6.04 Å². The first-order valence-electron chi connectivity index (χ1n) is 13.0. The molecule has 0 bridgehead atoms. The van der Waals surface area contributed by atoms with E-state index in [1.165, 1.54) is 0 Å². The fourth-order valence-corrected chi connectivity index (χ4v) is 4.92. The van der Waals surface area contributed by atoms with Gasteiger partial charge < -0.3 is 25.2 Å². The fraction of sp³-hybridized carbons (Fsp3) is 0.481. The van der Waals surface area contributed by atoms with Crippen molar-refractivity contribution in [2.75, 3.05) is 36.4 Å². The van der Waals surface area contributed by atoms with E-state index in [0.717, 1.165) is 5.56 Å². The molecule has 0 radical (unpaired) electrons. The van der Waals surface area contributed by atoms with Crippen LogP contribution in [0.3, 0.4) is 0 Å². The summed E-state index contributed by atoms with van der Waals surface area (Å²) >= 11 is 12.5. The number of piperazine rings is 1. The van der Waals surface area contributed by atoms with Gasteiger partial charge in [0.15, 0.2) is 17.0 Å². The lowest BCUT2D eigenvalue weighted by atomic mass is 10.0. The quantitative estimate of drug-likeness (QED) is 0.415. The van der Waals surface area contributed by atoms with Crippen molar-refractivity contribution in [3.05, 3.63) is 46.2 Å². The Labute approximate surface area is 243 Å². The minimum Gasteiger partial charge on any atom is -0.444 e. The van der Waals surface area contributed by atoms with E-state index in [9.17, 15) is 9.59 Å². The van der Waals surface area contributed by atoms with E-state index in [0.29, 0.717) is 59.2 Å². The summed E-state index contributed by atoms with van der Waals surface area (Å²) in [6.45, 7) is 12.5. The Morgan fingerprint density at radius 3 is 2.33 bits per heavy atom. The van der Waals surface area contributed by atoms with Crippen molar-refractivity contribution in [3.8, 4) is 0 Å². The van der Waals surface area contributed by atoms with Gasteiger partial charge in [-0.1, -0.05) is 29.3 Å². The predicted octanol–water partition coefficient (Wildman–Crippen LogP) is 4.85. The molecule has 0 spiro atoms. The molecule has 4 rings (SSSR count). The summed E-state index contributed by atoms with van der Waals surface area (Å²) in [6.07, 6.45) is 2.54. The highest BCUT2D eigenvalue weighted by atomic mass is 35.5. The number of rotatable bonds is 6. The molecule has 0 unspecified atom stereocenters. The molecular formula is C27H34Cl2N8O3. The van der Waals surface area contributed by atoms with Gasteiger partial charge in [-0.3, -0.25) is 4.79 Å². The smallest absolute Gasteiger partial charge is 0.408 e. The third kappa shape index (κ3) is 7.00. The van der Waals surface area contributed by atoms with E-state index in [1.807, 2.05) is 17.9 Å². The number of nitrogens with one attached hydrogen (secondary N) is 2. The number of fused-ring (bicyclic) bond motifs is 1. The van der Waals surface area contributed by atoms with E-state index in [2.05, 4.69) is 25.6 Å². The van der Waals surface area contributed by atoms with Gasteiger partial charge in [-0.05, 0) is 59.2 Å². The molecule has 2 amide bonds. The molecule has 11 nitrogen and oxygen atoms in total. The van der Waals surface area contributed by atoms with Crippen LogP contribution in [0.15, 0.2) is 30.6 Å². The average molecular weight is 590 g/mol. The number of carbonyl (C=O) groups excluding carboxylic acids is 2. The van der Waals surface area contributed by atoms with Crippen LogP contribution in [0.2, 0.25) is 10.0 Å². The Balaban J connectivity index is 1.48. The third-order valence-corrected chi connectivity index (χ3v) is 6.86. The molecule has 1 aliphatic heterocycles. The third-order valence-electron chi connectivity index (χ3n) is 6.30. The Morgan fingerprint density at radius 1 is 1.00 bits per heavy atom. The molecule has 1 fully saturated rings. The first-order valence-corrected chi connectivity index (χ1v) is 13.7. The highest BCUT2D eigenvalue weighted by molar-refractivity contribution is 6.35. The minimum absolute atomic E-state index is 0.195. The lowest BCUT2D eigenvalue weighted by Gasteiger charge is -2.39. The van der Waals surface area contributed by atoms with Crippen LogP contribution < -0.4 is 15.5 Å². The van der Waals surface area contributed by atoms with Crippen molar-refractivity contribution in [3.63, 3.8) is 0 Å². The normalized spacial score (nSPS) is 15.1. The number of anilines is 2.